The molecule has 1 aromatic carbocycles. The number of anilines is 1. The summed E-state index contributed by atoms with van der Waals surface area (Å²) in [5.41, 5.74) is 11.1. The van der Waals surface area contributed by atoms with Crippen LogP contribution < -0.4 is 5.73 Å². The minimum absolute atomic E-state index is 0.625. The number of hydrogen-bond acceptors (Lipinski definition) is 5. The molecule has 0 saturated heterocycles. The van der Waals surface area contributed by atoms with Crippen molar-refractivity contribution in [3.8, 4) is 34.2 Å². The number of nitrogens with one attached hydrogen (secondary N) is 1. The molecule has 7 nitrogen and oxygen atoms in total. The lowest BCUT2D eigenvalue weighted by molar-refractivity contribution is 1.13. The molecule has 0 aliphatic heterocycles. The van der Waals surface area contributed by atoms with Crippen molar-refractivity contribution >= 4 is 11.3 Å². The van der Waals surface area contributed by atoms with Crippen LogP contribution in [-0.4, -0.2) is 29.3 Å². The van der Waals surface area contributed by atoms with Gasteiger partial charge in [0.25, 0.3) is 0 Å². The Morgan fingerprint density at radius 1 is 0.926 bits per heavy atom. The summed E-state index contributed by atoms with van der Waals surface area (Å²) in [7, 11) is 0. The zero-order valence-corrected chi connectivity index (χ0v) is 14.2. The smallest absolute Gasteiger partial charge is 0.160 e. The van der Waals surface area contributed by atoms with E-state index in [-0.39, 0.29) is 0 Å². The first kappa shape index (κ1) is 15.3. The minimum atomic E-state index is 0.625. The van der Waals surface area contributed by atoms with Gasteiger partial charge in [0.1, 0.15) is 11.3 Å². The maximum atomic E-state index is 5.91. The van der Waals surface area contributed by atoms with Crippen molar-refractivity contribution < 1.29 is 0 Å². The highest BCUT2D eigenvalue weighted by Crippen LogP contribution is 2.25. The van der Waals surface area contributed by atoms with Crippen LogP contribution in [0.2, 0.25) is 0 Å². The van der Waals surface area contributed by atoms with E-state index in [1.807, 2.05) is 59.3 Å². The van der Waals surface area contributed by atoms with Crippen LogP contribution in [0.15, 0.2) is 73.4 Å². The normalized spacial score (nSPS) is 11.1. The number of nitrogens with zero attached hydrogens (tertiary/aromatic N) is 5. The average Bonchev–Trinajstić information content (AvgIpc) is 3.38. The molecule has 130 valence electrons. The Morgan fingerprint density at radius 3 is 2.74 bits per heavy atom. The van der Waals surface area contributed by atoms with Crippen molar-refractivity contribution in [1.82, 2.24) is 29.3 Å². The molecule has 0 amide bonds. The molecular formula is C20H15N7. The SMILES string of the molecule is Nc1cccc(-c2cnc3cc(-c4nccc(-c5ncc[nH]5)n4)ccn23)c1. The first-order valence-electron chi connectivity index (χ1n) is 8.44. The lowest BCUT2D eigenvalue weighted by Crippen LogP contribution is -1.95. The van der Waals surface area contributed by atoms with E-state index in [1.54, 1.807) is 18.6 Å². The van der Waals surface area contributed by atoms with Crippen molar-refractivity contribution in [1.29, 1.82) is 0 Å². The molecule has 0 aliphatic rings. The minimum Gasteiger partial charge on any atom is -0.399 e. The number of H-pyrrole nitrogens is 1. The predicted molar refractivity (Wildman–Crippen MR) is 104 cm³/mol. The van der Waals surface area contributed by atoms with Gasteiger partial charge in [0.05, 0.1) is 11.9 Å². The van der Waals surface area contributed by atoms with Gasteiger partial charge in [-0.1, -0.05) is 12.1 Å². The Bertz CT molecular complexity index is 1240. The quantitative estimate of drug-likeness (QED) is 0.484. The highest BCUT2D eigenvalue weighted by molar-refractivity contribution is 5.70. The highest BCUT2D eigenvalue weighted by atomic mass is 15.0. The van der Waals surface area contributed by atoms with Gasteiger partial charge >= 0.3 is 0 Å². The molecule has 0 saturated carbocycles. The van der Waals surface area contributed by atoms with Gasteiger partial charge in [-0.25, -0.2) is 19.9 Å². The second-order valence-electron chi connectivity index (χ2n) is 6.12. The lowest BCUT2D eigenvalue weighted by Gasteiger charge is -2.05. The number of rotatable bonds is 3. The summed E-state index contributed by atoms with van der Waals surface area (Å²) in [4.78, 5) is 20.8. The first-order chi connectivity index (χ1) is 13.3. The van der Waals surface area contributed by atoms with Crippen molar-refractivity contribution in [2.45, 2.75) is 0 Å². The van der Waals surface area contributed by atoms with Gasteiger partial charge < -0.3 is 10.7 Å². The van der Waals surface area contributed by atoms with Crippen LogP contribution in [-0.2, 0) is 0 Å². The molecule has 0 unspecified atom stereocenters. The number of benzene rings is 1. The van der Waals surface area contributed by atoms with Crippen LogP contribution in [0.25, 0.3) is 39.8 Å². The Kier molecular flexibility index (Phi) is 3.43. The number of pyridine rings is 1. The number of aromatic nitrogens is 6. The third kappa shape index (κ3) is 2.71. The van der Waals surface area contributed by atoms with Crippen LogP contribution in [0.5, 0.6) is 0 Å². The Labute approximate surface area is 154 Å². The zero-order chi connectivity index (χ0) is 18.2. The second kappa shape index (κ2) is 6.06. The van der Waals surface area contributed by atoms with Crippen LogP contribution >= 0.6 is 0 Å². The molecule has 3 N–H and O–H groups in total. The van der Waals surface area contributed by atoms with Crippen LogP contribution in [0.1, 0.15) is 0 Å². The third-order valence-electron chi connectivity index (χ3n) is 4.35. The van der Waals surface area contributed by atoms with E-state index in [2.05, 4.69) is 24.9 Å². The predicted octanol–water partition coefficient (Wildman–Crippen LogP) is 3.43. The van der Waals surface area contributed by atoms with E-state index in [1.165, 1.54) is 0 Å². The number of imidazole rings is 2. The molecule has 27 heavy (non-hydrogen) atoms. The summed E-state index contributed by atoms with van der Waals surface area (Å²) in [6.07, 6.45) is 9.01. The zero-order valence-electron chi connectivity index (χ0n) is 14.2. The number of nitrogens with two attached hydrogens (primary N) is 1. The second-order valence-corrected chi connectivity index (χ2v) is 6.12. The molecule has 0 aliphatic carbocycles. The van der Waals surface area contributed by atoms with Crippen molar-refractivity contribution in [3.05, 3.63) is 73.4 Å². The fourth-order valence-electron chi connectivity index (χ4n) is 3.07. The van der Waals surface area contributed by atoms with E-state index in [0.29, 0.717) is 11.6 Å². The fourth-order valence-corrected chi connectivity index (χ4v) is 3.07. The molecule has 4 aromatic heterocycles. The molecule has 5 rings (SSSR count). The molecule has 0 bridgehead atoms. The van der Waals surface area contributed by atoms with E-state index in [9.17, 15) is 0 Å². The summed E-state index contributed by atoms with van der Waals surface area (Å²) >= 11 is 0. The monoisotopic (exact) mass is 353 g/mol. The van der Waals surface area contributed by atoms with E-state index < -0.39 is 0 Å². The maximum Gasteiger partial charge on any atom is 0.160 e. The van der Waals surface area contributed by atoms with E-state index >= 15 is 0 Å². The van der Waals surface area contributed by atoms with Crippen molar-refractivity contribution in [2.24, 2.45) is 0 Å². The van der Waals surface area contributed by atoms with Gasteiger partial charge in [-0.2, -0.15) is 0 Å². The molecule has 7 heteroatoms. The van der Waals surface area contributed by atoms with E-state index in [0.717, 1.165) is 33.8 Å². The molecule has 5 aromatic rings. The topological polar surface area (TPSA) is 97.8 Å². The summed E-state index contributed by atoms with van der Waals surface area (Å²) in [5.74, 6) is 1.34. The number of fused-ring (bicyclic) bond motifs is 1. The first-order valence-corrected chi connectivity index (χ1v) is 8.44. The van der Waals surface area contributed by atoms with Gasteiger partial charge in [0.2, 0.25) is 0 Å². The van der Waals surface area contributed by atoms with Gasteiger partial charge in [0, 0.05) is 41.6 Å². The summed E-state index contributed by atoms with van der Waals surface area (Å²) in [6.45, 7) is 0. The highest BCUT2D eigenvalue weighted by Gasteiger charge is 2.10. The van der Waals surface area contributed by atoms with Crippen molar-refractivity contribution in [2.75, 3.05) is 5.73 Å². The number of aromatic amines is 1. The van der Waals surface area contributed by atoms with Crippen LogP contribution in [0.4, 0.5) is 5.69 Å². The lowest BCUT2D eigenvalue weighted by atomic mass is 10.1. The van der Waals surface area contributed by atoms with Crippen LogP contribution in [0.3, 0.4) is 0 Å². The average molecular weight is 353 g/mol. The molecule has 0 atom stereocenters. The summed E-state index contributed by atoms with van der Waals surface area (Å²) < 4.78 is 2.02. The Morgan fingerprint density at radius 2 is 1.89 bits per heavy atom. The molecule has 0 spiro atoms. The van der Waals surface area contributed by atoms with Crippen molar-refractivity contribution in [3.63, 3.8) is 0 Å². The molecule has 4 heterocycles. The Hall–Kier alpha value is -4.00. The summed E-state index contributed by atoms with van der Waals surface area (Å²) in [5, 5.41) is 0. The molecule has 0 radical (unpaired) electrons. The maximum absolute atomic E-state index is 5.91. The Balaban J connectivity index is 1.58. The van der Waals surface area contributed by atoms with Gasteiger partial charge in [0.15, 0.2) is 11.6 Å². The van der Waals surface area contributed by atoms with Gasteiger partial charge in [-0.05, 0) is 30.3 Å². The fraction of sp³-hybridized carbons (Fsp3) is 0. The number of nitrogen functional groups attached to an aromatic ring is 1. The van der Waals surface area contributed by atoms with Crippen LogP contribution in [0, 0.1) is 0 Å². The molecular weight excluding hydrogens is 338 g/mol. The van der Waals surface area contributed by atoms with Gasteiger partial charge in [-0.15, -0.1) is 0 Å². The summed E-state index contributed by atoms with van der Waals surface area (Å²) in [6, 6.07) is 13.5. The number of hydrogen-bond donors (Lipinski definition) is 2. The third-order valence-corrected chi connectivity index (χ3v) is 4.35. The molecule has 0 fully saturated rings. The standard InChI is InChI=1S/C20H15N7/c21-15-3-1-2-13(10-15)17-12-25-18-11-14(5-9-27(17)18)19-22-6-4-16(26-19)20-23-7-8-24-20/h1-12H,21H2,(H,23,24). The van der Waals surface area contributed by atoms with E-state index in [4.69, 9.17) is 5.73 Å². The van der Waals surface area contributed by atoms with Gasteiger partial charge in [-0.3, -0.25) is 4.40 Å². The largest absolute Gasteiger partial charge is 0.399 e.